The number of nitrogens with two attached hydrogens (primary N) is 1. The number of para-hydroxylation sites is 6. The van der Waals surface area contributed by atoms with Gasteiger partial charge in [0.2, 0.25) is 17.3 Å². The second kappa shape index (κ2) is 41.5. The molecular weight excluding hydrogens is 1530 g/mol. The van der Waals surface area contributed by atoms with Gasteiger partial charge in [-0.25, -0.2) is 29.3 Å². The second-order valence-electron chi connectivity index (χ2n) is 33.6. The number of nitrogens with zero attached hydrogens (tertiary/aromatic N) is 9. The molecule has 3 aromatic carbocycles. The smallest absolute Gasteiger partial charge is 0.870 e. The van der Waals surface area contributed by atoms with Gasteiger partial charge in [0.25, 0.3) is 16.7 Å². The number of rotatable bonds is 18. The first kappa shape index (κ1) is 87.8. The Kier molecular flexibility index (Phi) is 30.9. The Balaban J connectivity index is 0.000000143. The van der Waals surface area contributed by atoms with Crippen molar-refractivity contribution < 1.29 is 77.2 Å². The molecular formula is C91H118ClN12NaO13. The molecule has 3 aliphatic carbocycles. The van der Waals surface area contributed by atoms with E-state index in [4.69, 9.17) is 45.2 Å². The van der Waals surface area contributed by atoms with E-state index in [-0.39, 0.29) is 118 Å². The van der Waals surface area contributed by atoms with Crippen LogP contribution in [0.4, 0.5) is 11.6 Å². The third-order valence-electron chi connectivity index (χ3n) is 26.4. The van der Waals surface area contributed by atoms with Crippen LogP contribution < -0.4 is 62.6 Å². The number of furan rings is 3. The Morgan fingerprint density at radius 3 is 1.03 bits per heavy atom. The van der Waals surface area contributed by atoms with Gasteiger partial charge >= 0.3 is 47.5 Å². The molecule has 0 amide bonds. The third kappa shape index (κ3) is 20.3. The fourth-order valence-corrected chi connectivity index (χ4v) is 21.6. The maximum atomic E-state index is 13.9. The zero-order valence-electron chi connectivity index (χ0n) is 69.1. The Morgan fingerprint density at radius 2 is 0.703 bits per heavy atom. The first-order valence-electron chi connectivity index (χ1n) is 43.7. The molecule has 27 heteroatoms. The van der Waals surface area contributed by atoms with E-state index in [1.54, 1.807) is 44.2 Å². The molecule has 3 unspecified atom stereocenters. The van der Waals surface area contributed by atoms with Crippen molar-refractivity contribution >= 4 is 74.2 Å². The van der Waals surface area contributed by atoms with E-state index in [1.807, 2.05) is 86.5 Å². The minimum absolute atomic E-state index is 0. The molecule has 118 heavy (non-hydrogen) atoms. The van der Waals surface area contributed by atoms with Crippen LogP contribution in [-0.4, -0.2) is 139 Å². The number of aromatic nitrogens is 6. The molecule has 9 atom stereocenters. The van der Waals surface area contributed by atoms with Crippen LogP contribution in [0, 0.1) is 0 Å². The summed E-state index contributed by atoms with van der Waals surface area (Å²) >= 11 is 6.23. The number of nitrogens with one attached hydrogen (secondary N) is 2. The molecule has 0 spiro atoms. The summed E-state index contributed by atoms with van der Waals surface area (Å²) < 4.78 is 31.7. The molecule has 628 valence electrons. The molecule has 6 saturated heterocycles. The van der Waals surface area contributed by atoms with Crippen LogP contribution in [0.2, 0.25) is 5.15 Å². The quantitative estimate of drug-likeness (QED) is 0.0458. The topological polar surface area (TPSA) is 324 Å². The largest absolute Gasteiger partial charge is 1.00 e. The van der Waals surface area contributed by atoms with Crippen LogP contribution in [0.1, 0.15) is 293 Å². The molecule has 9 aromatic rings. The maximum absolute atomic E-state index is 13.9. The number of carbonyl (C=O) groups excluding carboxylic acids is 2. The predicted octanol–water partition coefficient (Wildman–Crippen LogP) is 14.7. The Hall–Kier alpha value is -7.98. The molecule has 25 nitrogen and oxygen atoms in total. The van der Waals surface area contributed by atoms with E-state index < -0.39 is 17.9 Å². The summed E-state index contributed by atoms with van der Waals surface area (Å²) in [4.78, 5) is 97.0. The van der Waals surface area contributed by atoms with E-state index >= 15 is 0 Å². The number of halogens is 1. The zero-order valence-corrected chi connectivity index (χ0v) is 71.8. The number of ether oxygens (including phenoxy) is 2. The van der Waals surface area contributed by atoms with Crippen LogP contribution in [0.3, 0.4) is 0 Å². The van der Waals surface area contributed by atoms with Gasteiger partial charge in [0, 0.05) is 72.5 Å². The van der Waals surface area contributed by atoms with Crippen LogP contribution >= 0.6 is 11.6 Å². The number of carboxylic acid groups (broad SMARTS) is 1. The fraction of sp³-hybridized carbons (Fsp3) is 0.571. The molecule has 9 fully saturated rings. The van der Waals surface area contributed by atoms with Crippen molar-refractivity contribution in [1.82, 2.24) is 43.4 Å². The molecule has 9 aliphatic rings. The van der Waals surface area contributed by atoms with Crippen molar-refractivity contribution in [3.63, 3.8) is 0 Å². The zero-order chi connectivity index (χ0) is 80.2. The van der Waals surface area contributed by atoms with Gasteiger partial charge in [-0.15, -0.1) is 0 Å². The number of anilines is 2. The molecule has 12 heterocycles. The molecule has 6 aliphatic heterocycles. The first-order chi connectivity index (χ1) is 56.7. The van der Waals surface area contributed by atoms with E-state index in [0.29, 0.717) is 84.6 Å². The van der Waals surface area contributed by atoms with Gasteiger partial charge in [-0.2, -0.15) is 0 Å². The summed E-state index contributed by atoms with van der Waals surface area (Å²) in [5, 5.41) is 15.5. The number of carboxylic acids is 1. The van der Waals surface area contributed by atoms with Crippen molar-refractivity contribution in [3.8, 4) is 0 Å². The van der Waals surface area contributed by atoms with Crippen molar-refractivity contribution in [3.05, 3.63) is 180 Å². The van der Waals surface area contributed by atoms with Gasteiger partial charge in [0.05, 0.1) is 65.9 Å². The number of hydrogen-bond donors (Lipinski definition) is 4. The minimum atomic E-state index is -1.11. The monoisotopic (exact) mass is 1640 g/mol. The van der Waals surface area contributed by atoms with Crippen molar-refractivity contribution in [2.75, 3.05) is 23.8 Å². The summed E-state index contributed by atoms with van der Waals surface area (Å²) in [6, 6.07) is 39.4. The Morgan fingerprint density at radius 1 is 0.407 bits per heavy atom. The van der Waals surface area contributed by atoms with Crippen molar-refractivity contribution in [2.45, 2.75) is 318 Å². The molecule has 0 radical (unpaired) electrons. The van der Waals surface area contributed by atoms with E-state index in [2.05, 4.69) is 40.3 Å². The normalized spacial score (nSPS) is 24.0. The number of benzene rings is 3. The van der Waals surface area contributed by atoms with Gasteiger partial charge in [-0.3, -0.25) is 29.1 Å². The number of aromatic carboxylic acids is 1. The number of fused-ring (bicyclic) bond motifs is 9. The Labute approximate surface area is 717 Å². The van der Waals surface area contributed by atoms with Crippen LogP contribution in [-0.2, 0) is 29.1 Å². The van der Waals surface area contributed by atoms with Gasteiger partial charge in [-0.05, 0) is 202 Å². The van der Waals surface area contributed by atoms with Crippen LogP contribution in [0.5, 0.6) is 0 Å². The van der Waals surface area contributed by atoms with Crippen molar-refractivity contribution in [2.24, 2.45) is 5.73 Å². The summed E-state index contributed by atoms with van der Waals surface area (Å²) in [6.07, 6.45) is 42.3. The number of hydrogen-bond acceptors (Lipinski definition) is 21. The molecule has 6 bridgehead atoms. The number of esters is 2. The average molecular weight is 1650 g/mol. The summed E-state index contributed by atoms with van der Waals surface area (Å²) in [6.45, 7) is 4.87. The maximum Gasteiger partial charge on any atom is 1.00 e. The van der Waals surface area contributed by atoms with Crippen LogP contribution in [0.15, 0.2) is 137 Å². The van der Waals surface area contributed by atoms with Crippen LogP contribution in [0.25, 0.3) is 33.1 Å². The average Bonchev–Trinajstić information content (AvgIpc) is 1.51. The van der Waals surface area contributed by atoms with E-state index in [9.17, 15) is 28.8 Å². The molecule has 3 saturated carbocycles. The van der Waals surface area contributed by atoms with E-state index in [1.165, 1.54) is 179 Å². The predicted molar refractivity (Wildman–Crippen MR) is 452 cm³/mol. The SMILES string of the molecule is CCOC(=O)c1ccc(CN)o1.CCOC(=O)c1ccc(CNc2nc3ccccc3n(C3C[C@H]4CC[C@@H](C3)N4C3CCCCCCC3)c2=O)o1.O=C(O)c1ccc(CNc2nc3ccccc3n(C3C[C@H]4CC[C@@H](C3)N4C3CCCCCCC3)c2=O)o1.O=c1c(Cl)nc2ccccc2n1C1C[C@H]2CC[C@@H](C1)N2C1CCCCCCC1.[Na+].[OH-]. The van der Waals surface area contributed by atoms with Gasteiger partial charge in [0.15, 0.2) is 16.8 Å². The minimum Gasteiger partial charge on any atom is -0.870 e. The van der Waals surface area contributed by atoms with Crippen molar-refractivity contribution in [1.29, 1.82) is 0 Å². The summed E-state index contributed by atoms with van der Waals surface area (Å²) in [7, 11) is 0. The molecule has 6 aromatic heterocycles. The molecule has 18 rings (SSSR count). The first-order valence-corrected chi connectivity index (χ1v) is 44.1. The number of carbonyl (C=O) groups is 3. The third-order valence-corrected chi connectivity index (χ3v) is 26.7. The Bertz CT molecular complexity index is 4970. The van der Waals surface area contributed by atoms with E-state index in [0.717, 1.165) is 77.7 Å². The van der Waals surface area contributed by atoms with Gasteiger partial charge in [-0.1, -0.05) is 144 Å². The number of piperidine rings is 3. The van der Waals surface area contributed by atoms with Gasteiger partial charge in [0.1, 0.15) is 17.3 Å². The second-order valence-corrected chi connectivity index (χ2v) is 34.0. The fourth-order valence-electron chi connectivity index (χ4n) is 21.4. The molecule has 6 N–H and O–H groups in total. The summed E-state index contributed by atoms with van der Waals surface area (Å²) in [5.41, 5.74) is 10.1. The summed E-state index contributed by atoms with van der Waals surface area (Å²) in [5.74, 6) is 0.365. The standard InChI is InChI=1S/C31H40N4O4.C29H36N4O4.C23H30ClN3O.C8H11NO3.Na.H2O/c1-2-38-31(37)28-17-16-25(39-28)20-32-29-30(36)35(27-13-9-8-12-26(27)33-29)24-18-22-14-15-23(19-24)34(22)21-10-6-4-3-5-7-11-21;34-28-27(30-18-23-14-15-26(37-23)29(35)36)31-24-10-6-7-11-25(24)33(28)22-16-20-12-13-21(17-22)32(20)19-8-4-2-1-3-5-9-19;24-22-23(28)27(21-11-7-6-10-20(21)25-22)19-14-17-12-13-18(15-19)26(17)16-8-4-2-1-3-5-9-16;1-2-11-8(10)7-4-3-6(5-9)12-7;;/h8-9,12-13,16-17,21-24H,2-7,10-11,14-15,18-20H2,1H3,(H,32,33);6-7,10-11,14-15,19-22H,1-5,8-9,12-13,16-18H2,(H,30,31)(H,35,36);6-7,10-11,16-19H,1-5,8-9,12-15H2;3-4H,2,5,9H2,1H3;;1H2/q;;;;+1;/p-1/t22-,23+,24?;20-,21+,22?;17-,18+,19?;;;. The van der Waals surface area contributed by atoms with Gasteiger partial charge < -0.3 is 63.4 Å².